The van der Waals surface area contributed by atoms with Crippen molar-refractivity contribution >= 4 is 17.4 Å². The summed E-state index contributed by atoms with van der Waals surface area (Å²) in [6, 6.07) is 7.54. The predicted molar refractivity (Wildman–Crippen MR) is 111 cm³/mol. The number of allylic oxidation sites excluding steroid dienone is 1. The topological polar surface area (TPSA) is 78.8 Å². The Morgan fingerprint density at radius 1 is 1.11 bits per heavy atom. The summed E-state index contributed by atoms with van der Waals surface area (Å²) in [6.45, 7) is 13.3. The molecule has 0 radical (unpaired) electrons. The molecule has 1 aromatic carbocycles. The van der Waals surface area contributed by atoms with Crippen LogP contribution in [-0.2, 0) is 4.74 Å². The van der Waals surface area contributed by atoms with Crippen LogP contribution in [0.25, 0.3) is 5.57 Å². The number of anilines is 1. The number of aliphatic hydroxyl groups is 2. The molecule has 3 rings (SSSR count). The molecule has 0 fully saturated rings. The number of fused-ring (bicyclic) bond motifs is 1. The van der Waals surface area contributed by atoms with E-state index in [0.29, 0.717) is 5.69 Å². The summed E-state index contributed by atoms with van der Waals surface area (Å²) in [5.74, 6) is 0. The van der Waals surface area contributed by atoms with Crippen LogP contribution < -0.4 is 5.32 Å². The Bertz CT molecular complexity index is 871. The minimum Gasteiger partial charge on any atom is -0.444 e. The van der Waals surface area contributed by atoms with Gasteiger partial charge in [-0.05, 0) is 43.6 Å². The van der Waals surface area contributed by atoms with E-state index in [0.717, 1.165) is 22.3 Å². The third-order valence-electron chi connectivity index (χ3n) is 5.75. The van der Waals surface area contributed by atoms with E-state index in [1.807, 2.05) is 65.0 Å². The van der Waals surface area contributed by atoms with Gasteiger partial charge in [-0.3, -0.25) is 5.32 Å². The molecule has 5 heteroatoms. The van der Waals surface area contributed by atoms with Gasteiger partial charge in [-0.25, -0.2) is 4.79 Å². The van der Waals surface area contributed by atoms with Crippen LogP contribution in [0.4, 0.5) is 10.5 Å². The highest BCUT2D eigenvalue weighted by atomic mass is 16.6. The van der Waals surface area contributed by atoms with Crippen molar-refractivity contribution in [2.45, 2.75) is 66.3 Å². The second-order valence-corrected chi connectivity index (χ2v) is 9.84. The lowest BCUT2D eigenvalue weighted by molar-refractivity contribution is -0.0160. The monoisotopic (exact) mass is 385 g/mol. The number of amides is 1. The Morgan fingerprint density at radius 3 is 2.32 bits per heavy atom. The van der Waals surface area contributed by atoms with Crippen LogP contribution in [0.2, 0.25) is 0 Å². The van der Waals surface area contributed by atoms with Gasteiger partial charge in [0, 0.05) is 16.4 Å². The molecule has 152 valence electrons. The SMILES string of the molecule is CC(C)(C)OC(=O)Nc1ccccc1C1=C2C(=CC(O)C(C)(C)C2O)C1(C)C. The first-order valence-corrected chi connectivity index (χ1v) is 9.69. The predicted octanol–water partition coefficient (Wildman–Crippen LogP) is 4.52. The zero-order valence-electron chi connectivity index (χ0n) is 17.8. The van der Waals surface area contributed by atoms with Crippen molar-refractivity contribution in [3.8, 4) is 0 Å². The highest BCUT2D eigenvalue weighted by Crippen LogP contribution is 2.61. The molecule has 0 saturated carbocycles. The molecule has 3 N–H and O–H groups in total. The summed E-state index contributed by atoms with van der Waals surface area (Å²) in [7, 11) is 0. The van der Waals surface area contributed by atoms with Gasteiger partial charge in [-0.2, -0.15) is 0 Å². The van der Waals surface area contributed by atoms with Crippen LogP contribution in [-0.4, -0.2) is 34.1 Å². The highest BCUT2D eigenvalue weighted by molar-refractivity contribution is 5.97. The van der Waals surface area contributed by atoms with E-state index >= 15 is 0 Å². The Labute approximate surface area is 167 Å². The van der Waals surface area contributed by atoms with E-state index < -0.39 is 29.3 Å². The zero-order chi connectivity index (χ0) is 21.1. The zero-order valence-corrected chi connectivity index (χ0v) is 17.8. The molecule has 1 amide bonds. The molecular formula is C23H31NO4. The number of ether oxygens (including phenoxy) is 1. The van der Waals surface area contributed by atoms with Gasteiger partial charge >= 0.3 is 6.09 Å². The summed E-state index contributed by atoms with van der Waals surface area (Å²) >= 11 is 0. The Kier molecular flexibility index (Phi) is 4.76. The van der Waals surface area contributed by atoms with Crippen molar-refractivity contribution in [3.05, 3.63) is 47.1 Å². The van der Waals surface area contributed by atoms with Gasteiger partial charge in [0.25, 0.3) is 0 Å². The fraction of sp³-hybridized carbons (Fsp3) is 0.522. The lowest BCUT2D eigenvalue weighted by Gasteiger charge is -2.53. The standard InChI is InChI=1S/C23H31NO4/c1-21(2,3)28-20(27)24-15-11-9-8-10-13(15)18-17-14(22(18,4)5)12-16(25)23(6,7)19(17)26/h8-12,16,19,25-26H,1-7H3,(H,24,27). The molecule has 2 atom stereocenters. The summed E-state index contributed by atoms with van der Waals surface area (Å²) < 4.78 is 5.39. The second kappa shape index (κ2) is 6.46. The fourth-order valence-corrected chi connectivity index (χ4v) is 4.07. The molecule has 2 aliphatic carbocycles. The van der Waals surface area contributed by atoms with Crippen molar-refractivity contribution in [1.29, 1.82) is 0 Å². The lowest BCUT2D eigenvalue weighted by Crippen LogP contribution is -2.50. The van der Waals surface area contributed by atoms with Gasteiger partial charge in [0.05, 0.1) is 17.9 Å². The first kappa shape index (κ1) is 20.6. The molecule has 0 heterocycles. The third kappa shape index (κ3) is 3.27. The summed E-state index contributed by atoms with van der Waals surface area (Å²) in [6.07, 6.45) is -0.161. The van der Waals surface area contributed by atoms with E-state index in [-0.39, 0.29) is 5.41 Å². The fourth-order valence-electron chi connectivity index (χ4n) is 4.07. The molecule has 2 aliphatic rings. The first-order valence-electron chi connectivity index (χ1n) is 9.69. The summed E-state index contributed by atoms with van der Waals surface area (Å²) in [5, 5.41) is 24.3. The highest BCUT2D eigenvalue weighted by Gasteiger charge is 2.53. The number of nitrogens with one attached hydrogen (secondary N) is 1. The first-order chi connectivity index (χ1) is 12.8. The van der Waals surface area contributed by atoms with Gasteiger partial charge in [-0.15, -0.1) is 0 Å². The van der Waals surface area contributed by atoms with Crippen LogP contribution >= 0.6 is 0 Å². The minimum atomic E-state index is -0.792. The van der Waals surface area contributed by atoms with Crippen LogP contribution in [0.5, 0.6) is 0 Å². The largest absolute Gasteiger partial charge is 0.444 e. The molecule has 0 saturated heterocycles. The van der Waals surface area contributed by atoms with E-state index in [4.69, 9.17) is 4.74 Å². The van der Waals surface area contributed by atoms with Gasteiger partial charge in [0.15, 0.2) is 0 Å². The Balaban J connectivity index is 2.07. The maximum Gasteiger partial charge on any atom is 0.412 e. The van der Waals surface area contributed by atoms with E-state index in [9.17, 15) is 15.0 Å². The molecule has 0 aromatic heterocycles. The van der Waals surface area contributed by atoms with E-state index in [2.05, 4.69) is 19.2 Å². The van der Waals surface area contributed by atoms with Crippen LogP contribution in [0.1, 0.15) is 54.0 Å². The van der Waals surface area contributed by atoms with Crippen molar-refractivity contribution < 1.29 is 19.7 Å². The van der Waals surface area contributed by atoms with Crippen molar-refractivity contribution in [2.75, 3.05) is 5.32 Å². The number of hydrogen-bond donors (Lipinski definition) is 3. The van der Waals surface area contributed by atoms with Gasteiger partial charge in [0.2, 0.25) is 0 Å². The Morgan fingerprint density at radius 2 is 1.71 bits per heavy atom. The molecule has 5 nitrogen and oxygen atoms in total. The maximum atomic E-state index is 12.3. The smallest absolute Gasteiger partial charge is 0.412 e. The van der Waals surface area contributed by atoms with E-state index in [1.54, 1.807) is 0 Å². The lowest BCUT2D eigenvalue weighted by atomic mass is 9.53. The van der Waals surface area contributed by atoms with Crippen LogP contribution in [0, 0.1) is 10.8 Å². The minimum absolute atomic E-state index is 0.348. The number of aliphatic hydroxyl groups excluding tert-OH is 2. The van der Waals surface area contributed by atoms with Crippen molar-refractivity contribution in [2.24, 2.45) is 10.8 Å². The average Bonchev–Trinajstić information content (AvgIpc) is 2.54. The van der Waals surface area contributed by atoms with Crippen molar-refractivity contribution in [1.82, 2.24) is 0 Å². The number of rotatable bonds is 2. The van der Waals surface area contributed by atoms with E-state index in [1.165, 1.54) is 0 Å². The number of hydrogen-bond acceptors (Lipinski definition) is 4. The molecule has 1 aromatic rings. The molecule has 0 aliphatic heterocycles. The van der Waals surface area contributed by atoms with Crippen LogP contribution in [0.3, 0.4) is 0 Å². The second-order valence-electron chi connectivity index (χ2n) is 9.84. The number of carbonyl (C=O) groups excluding carboxylic acids is 1. The van der Waals surface area contributed by atoms with Crippen LogP contribution in [0.15, 0.2) is 41.5 Å². The molecular weight excluding hydrogens is 354 g/mol. The Hall–Kier alpha value is -2.11. The number of benzene rings is 1. The number of carbonyl (C=O) groups is 1. The third-order valence-corrected chi connectivity index (χ3v) is 5.75. The molecule has 28 heavy (non-hydrogen) atoms. The van der Waals surface area contributed by atoms with Gasteiger partial charge in [-0.1, -0.05) is 52.0 Å². The summed E-state index contributed by atoms with van der Waals surface area (Å²) in [4.78, 5) is 12.3. The van der Waals surface area contributed by atoms with Gasteiger partial charge in [0.1, 0.15) is 5.60 Å². The summed E-state index contributed by atoms with van der Waals surface area (Å²) in [5.41, 5.74) is 2.67. The maximum absolute atomic E-state index is 12.3. The normalized spacial score (nSPS) is 25.4. The number of para-hydroxylation sites is 1. The van der Waals surface area contributed by atoms with Gasteiger partial charge < -0.3 is 14.9 Å². The molecule has 0 bridgehead atoms. The molecule has 0 spiro atoms. The van der Waals surface area contributed by atoms with Crippen molar-refractivity contribution in [3.63, 3.8) is 0 Å². The average molecular weight is 386 g/mol. The quantitative estimate of drug-likeness (QED) is 0.700. The molecule has 2 unspecified atom stereocenters.